The molecule has 2 heterocycles. The Morgan fingerprint density at radius 1 is 0.742 bits per heavy atom. The molecule has 2 aliphatic heterocycles. The van der Waals surface area contributed by atoms with Crippen LogP contribution in [0.3, 0.4) is 0 Å². The second-order valence-corrected chi connectivity index (χ2v) is 27.2. The third kappa shape index (κ3) is 26.1. The number of rotatable bonds is 43. The number of carbonyl (C=O) groups excluding carboxylic acids is 11. The lowest BCUT2D eigenvalue weighted by molar-refractivity contribution is -0.148. The predicted octanol–water partition coefficient (Wildman–Crippen LogP) is 9.05. The van der Waals surface area contributed by atoms with Crippen LogP contribution in [0.15, 0.2) is 60.2 Å². The van der Waals surface area contributed by atoms with Gasteiger partial charge >= 0.3 is 12.1 Å². The molecule has 11 atom stereocenters. The number of nitrogens with two attached hydrogens (primary N) is 1. The number of imide groups is 1. The minimum Gasteiger partial charge on any atom is -0.481 e. The van der Waals surface area contributed by atoms with Gasteiger partial charge in [-0.15, -0.1) is 0 Å². The van der Waals surface area contributed by atoms with Gasteiger partial charge in [0.15, 0.2) is 5.78 Å². The number of carboxylic acids is 1. The summed E-state index contributed by atoms with van der Waals surface area (Å²) in [6.45, 7) is 20.9. The molecule has 5 N–H and O–H groups in total. The number of amides is 8. The molecule has 1 aliphatic carbocycles. The number of unbranched alkanes of at least 4 members (excludes halogenated alkanes) is 3. The van der Waals surface area contributed by atoms with Crippen molar-refractivity contribution in [1.82, 2.24) is 30.2 Å². The monoisotopic (exact) mass is 1360 g/mol. The molecule has 542 valence electrons. The van der Waals surface area contributed by atoms with E-state index in [0.29, 0.717) is 69.0 Å². The maximum Gasteiger partial charge on any atom is 0.410 e. The van der Waals surface area contributed by atoms with Crippen molar-refractivity contribution in [2.45, 2.75) is 241 Å². The first kappa shape index (κ1) is 83.8. The zero-order chi connectivity index (χ0) is 72.8. The molecule has 97 heavy (non-hydrogen) atoms. The van der Waals surface area contributed by atoms with Crippen LogP contribution in [-0.4, -0.2) is 179 Å². The smallest absolute Gasteiger partial charge is 0.410 e. The van der Waals surface area contributed by atoms with Crippen LogP contribution in [0, 0.1) is 41.4 Å². The number of allylic oxidation sites excluding steroid dienone is 4. The molecule has 0 unspecified atom stereocenters. The van der Waals surface area contributed by atoms with Gasteiger partial charge in [0, 0.05) is 97.5 Å². The summed E-state index contributed by atoms with van der Waals surface area (Å²) in [5, 5.41) is 15.9. The molecular weight excluding hydrogens is 1240 g/mol. The van der Waals surface area contributed by atoms with Crippen molar-refractivity contribution in [3.8, 4) is 0 Å². The van der Waals surface area contributed by atoms with Crippen molar-refractivity contribution in [3.05, 3.63) is 71.3 Å². The number of likely N-dealkylation sites (N-methyl/N-ethyl adjacent to an activating group) is 2. The van der Waals surface area contributed by atoms with Crippen molar-refractivity contribution in [3.63, 3.8) is 0 Å². The van der Waals surface area contributed by atoms with Gasteiger partial charge in [0.1, 0.15) is 30.3 Å². The van der Waals surface area contributed by atoms with Gasteiger partial charge in [0.25, 0.3) is 11.8 Å². The zero-order valence-electron chi connectivity index (χ0n) is 60.6. The maximum atomic E-state index is 14.8. The van der Waals surface area contributed by atoms with Gasteiger partial charge < -0.3 is 45.5 Å². The fraction of sp³-hybridized carbons (Fsp3) is 0.676. The molecule has 8 amide bonds. The average Bonchev–Trinajstić information content (AvgIpc) is 1.80. The lowest BCUT2D eigenvalue weighted by Gasteiger charge is -2.41. The minimum absolute atomic E-state index is 0.0292. The number of Topliss-reactive ketones (excluding diaryl/α,β-unsaturated/α-hetero) is 3. The summed E-state index contributed by atoms with van der Waals surface area (Å²) in [6, 6.07) is 2.63. The molecule has 0 saturated carbocycles. The van der Waals surface area contributed by atoms with E-state index in [1.807, 2.05) is 59.8 Å². The standard InChI is InChI=1S/C72H109N7O16.C2H6/c1-14-47(8)66(59(93-12)42-63(86)78-37-23-28-56(78)67(94-13)48(9)57(81)40-52(71(90)91)38-49-24-17-15-18-25-49)76(10)70(89)64(45(4)5)75-69(88)65(46(6)7)77(11)72(92)95-43-51-32-30-50(31-33-51)39-58(82)55(27-20-21-29-60(73)83)74-68(87)54(44(2)3)41-53(80)26-19-16-22-36-79-61(84)34-35-62(79)85;1-2/h15,17,24,30-35,44-48,52,54-56,59,64-67H,14,16,18-23,25-29,36-43H2,1-13H3,(H2,73,83)(H,74,87)(H,75,88)(H,90,91);1-2H3/t47-,48+,52-,54+,55+,56+,59-,64+,65+,66+,67-;/m1./s1. The molecule has 1 fully saturated rings. The van der Waals surface area contributed by atoms with Crippen molar-refractivity contribution in [1.29, 1.82) is 0 Å². The number of primary amides is 1. The largest absolute Gasteiger partial charge is 0.481 e. The van der Waals surface area contributed by atoms with E-state index in [0.717, 1.165) is 23.3 Å². The molecule has 4 rings (SSSR count). The highest BCUT2D eigenvalue weighted by Gasteiger charge is 2.44. The number of carboxylic acid groups (broad SMARTS) is 1. The third-order valence-electron chi connectivity index (χ3n) is 19.1. The fourth-order valence-electron chi connectivity index (χ4n) is 13.1. The molecule has 3 aliphatic rings. The van der Waals surface area contributed by atoms with Gasteiger partial charge in [0.05, 0.1) is 42.7 Å². The van der Waals surface area contributed by atoms with Crippen LogP contribution in [-0.2, 0) is 80.0 Å². The highest BCUT2D eigenvalue weighted by molar-refractivity contribution is 6.12. The maximum absolute atomic E-state index is 14.8. The minimum atomic E-state index is -1.08. The second-order valence-electron chi connectivity index (χ2n) is 27.2. The summed E-state index contributed by atoms with van der Waals surface area (Å²) >= 11 is 0. The molecule has 23 nitrogen and oxygen atoms in total. The SMILES string of the molecule is CC.CC[C@@H](C)[C@@H]([C@@H](CC(=O)N1CCC[C@H]1[C@H](OC)[C@@H](C)C(=O)C[C@@H](CC1=CC=CCC1)C(=O)O)OC)N(C)C(=O)[C@@H](NC(=O)[C@H](C(C)C)N(C)C(=O)OCc1ccc(CC(=O)[C@H](CCCCC(N)=O)NC(=O)[C@@H](CC(=O)CCCCCN2C(=O)C=CC2=O)C(C)C)cc1)C(C)C. The van der Waals surface area contributed by atoms with Crippen LogP contribution in [0.1, 0.15) is 196 Å². The van der Waals surface area contributed by atoms with Gasteiger partial charge in [-0.2, -0.15) is 0 Å². The highest BCUT2D eigenvalue weighted by Crippen LogP contribution is 2.32. The van der Waals surface area contributed by atoms with Gasteiger partial charge in [-0.25, -0.2) is 4.79 Å². The summed E-state index contributed by atoms with van der Waals surface area (Å²) < 4.78 is 17.8. The number of carbonyl (C=O) groups is 12. The van der Waals surface area contributed by atoms with Crippen LogP contribution < -0.4 is 16.4 Å². The van der Waals surface area contributed by atoms with E-state index in [-0.39, 0.29) is 111 Å². The second kappa shape index (κ2) is 42.4. The van der Waals surface area contributed by atoms with E-state index < -0.39 is 108 Å². The van der Waals surface area contributed by atoms with Gasteiger partial charge in [-0.1, -0.05) is 143 Å². The first-order valence-electron chi connectivity index (χ1n) is 35.1. The fourth-order valence-corrected chi connectivity index (χ4v) is 13.1. The van der Waals surface area contributed by atoms with Crippen LogP contribution in [0.2, 0.25) is 0 Å². The van der Waals surface area contributed by atoms with Crippen LogP contribution in [0.5, 0.6) is 0 Å². The Bertz CT molecular complexity index is 2890. The normalized spacial score (nSPS) is 17.6. The summed E-state index contributed by atoms with van der Waals surface area (Å²) in [7, 11) is 6.06. The van der Waals surface area contributed by atoms with Crippen molar-refractivity contribution in [2.24, 2.45) is 47.2 Å². The zero-order valence-corrected chi connectivity index (χ0v) is 60.6. The number of hydrogen-bond donors (Lipinski definition) is 4. The van der Waals surface area contributed by atoms with Crippen LogP contribution >= 0.6 is 0 Å². The molecule has 1 aromatic rings. The molecule has 0 aromatic heterocycles. The Kier molecular flexibility index (Phi) is 36.7. The Morgan fingerprint density at radius 3 is 1.94 bits per heavy atom. The molecule has 23 heteroatoms. The Labute approximate surface area is 576 Å². The third-order valence-corrected chi connectivity index (χ3v) is 19.1. The van der Waals surface area contributed by atoms with Crippen molar-refractivity contribution in [2.75, 3.05) is 41.4 Å². The highest BCUT2D eigenvalue weighted by atomic mass is 16.6. The summed E-state index contributed by atoms with van der Waals surface area (Å²) in [5.74, 6) is -8.18. The first-order valence-corrected chi connectivity index (χ1v) is 35.1. The van der Waals surface area contributed by atoms with E-state index in [1.54, 1.807) is 75.7 Å². The van der Waals surface area contributed by atoms with E-state index in [2.05, 4.69) is 10.6 Å². The lowest BCUT2D eigenvalue weighted by atomic mass is 9.84. The number of nitrogens with zero attached hydrogens (tertiary/aromatic N) is 4. The van der Waals surface area contributed by atoms with Gasteiger partial charge in [-0.05, 0) is 92.6 Å². The Morgan fingerprint density at radius 2 is 1.38 bits per heavy atom. The summed E-state index contributed by atoms with van der Waals surface area (Å²) in [6.07, 6.45) is 12.4. The van der Waals surface area contributed by atoms with Gasteiger partial charge in [0.2, 0.25) is 29.5 Å². The van der Waals surface area contributed by atoms with Crippen LogP contribution in [0.25, 0.3) is 0 Å². The van der Waals surface area contributed by atoms with Gasteiger partial charge in [-0.3, -0.25) is 62.5 Å². The molecular formula is C74H115N7O16. The number of likely N-dealkylation sites (tertiary alicyclic amines) is 1. The van der Waals surface area contributed by atoms with Crippen molar-refractivity contribution < 1.29 is 76.9 Å². The number of ketones is 3. The predicted molar refractivity (Wildman–Crippen MR) is 370 cm³/mol. The van der Waals surface area contributed by atoms with Crippen LogP contribution in [0.4, 0.5) is 4.79 Å². The first-order chi connectivity index (χ1) is 45.9. The van der Waals surface area contributed by atoms with Crippen molar-refractivity contribution >= 4 is 70.8 Å². The summed E-state index contributed by atoms with van der Waals surface area (Å²) in [5.41, 5.74) is 7.55. The lowest BCUT2D eigenvalue weighted by Crippen LogP contribution is -2.60. The average molecular weight is 1360 g/mol. The molecule has 0 bridgehead atoms. The summed E-state index contributed by atoms with van der Waals surface area (Å²) in [4.78, 5) is 166. The topological polar surface area (TPSA) is 316 Å². The number of hydrogen-bond acceptors (Lipinski definition) is 15. The number of ether oxygens (including phenoxy) is 3. The molecule has 1 aromatic carbocycles. The molecule has 1 saturated heterocycles. The number of methoxy groups -OCH3 is 2. The Balaban J connectivity index is 0.0000121. The molecule has 0 spiro atoms. The number of aliphatic carboxylic acids is 1. The Hall–Kier alpha value is -7.40. The van der Waals surface area contributed by atoms with E-state index in [9.17, 15) is 62.6 Å². The molecule has 0 radical (unpaired) electrons. The quantitative estimate of drug-likeness (QED) is 0.0350. The number of benzene rings is 1. The van der Waals surface area contributed by atoms with E-state index in [4.69, 9.17) is 19.9 Å². The van der Waals surface area contributed by atoms with E-state index in [1.165, 1.54) is 38.3 Å². The number of nitrogens with one attached hydrogen (secondary N) is 2. The van der Waals surface area contributed by atoms with E-state index >= 15 is 0 Å².